The van der Waals surface area contributed by atoms with Gasteiger partial charge in [-0.2, -0.15) is 0 Å². The van der Waals surface area contributed by atoms with Gasteiger partial charge in [-0.1, -0.05) is 39.5 Å². The fourth-order valence-electron chi connectivity index (χ4n) is 4.18. The average molecular weight is 390 g/mol. The van der Waals surface area contributed by atoms with Crippen LogP contribution in [-0.4, -0.2) is 29.1 Å². The second-order valence-electron chi connectivity index (χ2n) is 8.18. The van der Waals surface area contributed by atoms with Crippen LogP contribution in [0.3, 0.4) is 0 Å². The van der Waals surface area contributed by atoms with Crippen molar-refractivity contribution in [2.24, 2.45) is 5.92 Å². The van der Waals surface area contributed by atoms with E-state index in [2.05, 4.69) is 60.3 Å². The number of nitrogens with one attached hydrogen (secondary N) is 1. The van der Waals surface area contributed by atoms with Crippen LogP contribution in [0.2, 0.25) is 0 Å². The van der Waals surface area contributed by atoms with Gasteiger partial charge in [0.25, 0.3) is 0 Å². The smallest absolute Gasteiger partial charge is 0.158 e. The van der Waals surface area contributed by atoms with Gasteiger partial charge in [-0.15, -0.1) is 0 Å². The molecule has 0 radical (unpaired) electrons. The summed E-state index contributed by atoms with van der Waals surface area (Å²) < 4.78 is 0. The lowest BCUT2D eigenvalue weighted by Crippen LogP contribution is -2.43. The molecule has 1 N–H and O–H groups in total. The van der Waals surface area contributed by atoms with Crippen LogP contribution in [0.5, 0.6) is 0 Å². The van der Waals surface area contributed by atoms with Gasteiger partial charge >= 0.3 is 0 Å². The van der Waals surface area contributed by atoms with E-state index >= 15 is 0 Å². The van der Waals surface area contributed by atoms with Crippen molar-refractivity contribution in [3.63, 3.8) is 0 Å². The molecule has 2 aliphatic rings. The minimum absolute atomic E-state index is 0.378. The molecule has 4 heterocycles. The summed E-state index contributed by atoms with van der Waals surface area (Å²) in [6, 6.07) is 10.8. The zero-order chi connectivity index (χ0) is 20.4. The summed E-state index contributed by atoms with van der Waals surface area (Å²) in [5.74, 6) is 3.36. The number of fused-ring (bicyclic) bond motifs is 4. The summed E-state index contributed by atoms with van der Waals surface area (Å²) in [7, 11) is 0. The molecule has 1 saturated heterocycles. The highest BCUT2D eigenvalue weighted by atomic mass is 15.4. The van der Waals surface area contributed by atoms with Crippen LogP contribution in [0, 0.1) is 5.92 Å². The summed E-state index contributed by atoms with van der Waals surface area (Å²) in [5, 5.41) is 3.45. The first-order valence-corrected chi connectivity index (χ1v) is 10.7. The highest BCUT2D eigenvalue weighted by Crippen LogP contribution is 2.40. The maximum atomic E-state index is 4.84. The largest absolute Gasteiger partial charge is 0.366 e. The molecule has 2 atom stereocenters. The Balaban J connectivity index is 1.54. The Bertz CT molecular complexity index is 906. The number of hydrogen-bond donors (Lipinski definition) is 1. The Morgan fingerprint density at radius 2 is 2.17 bits per heavy atom. The van der Waals surface area contributed by atoms with Crippen LogP contribution in [0.1, 0.15) is 44.5 Å². The van der Waals surface area contributed by atoms with Crippen LogP contribution >= 0.6 is 0 Å². The van der Waals surface area contributed by atoms with Gasteiger partial charge in [0.05, 0.1) is 17.4 Å². The molecule has 2 bridgehead atoms. The van der Waals surface area contributed by atoms with Gasteiger partial charge in [0.2, 0.25) is 0 Å². The quantitative estimate of drug-likeness (QED) is 0.682. The zero-order valence-corrected chi connectivity index (χ0v) is 17.6. The van der Waals surface area contributed by atoms with E-state index in [1.165, 1.54) is 18.5 Å². The summed E-state index contributed by atoms with van der Waals surface area (Å²) in [5.41, 5.74) is 3.18. The van der Waals surface area contributed by atoms with E-state index in [1.54, 1.807) is 6.08 Å². The van der Waals surface area contributed by atoms with Gasteiger partial charge in [0, 0.05) is 18.8 Å². The van der Waals surface area contributed by atoms with Crippen LogP contribution in [-0.2, 0) is 6.42 Å². The highest BCUT2D eigenvalue weighted by Gasteiger charge is 2.38. The van der Waals surface area contributed by atoms with E-state index in [1.807, 2.05) is 12.1 Å². The molecule has 29 heavy (non-hydrogen) atoms. The first kappa shape index (κ1) is 19.5. The first-order valence-electron chi connectivity index (χ1n) is 10.7. The molecule has 2 aliphatic heterocycles. The lowest BCUT2D eigenvalue weighted by Gasteiger charge is -2.38. The number of nitrogens with zero attached hydrogens (tertiary/aromatic N) is 4. The van der Waals surface area contributed by atoms with E-state index in [-0.39, 0.29) is 0 Å². The van der Waals surface area contributed by atoms with Gasteiger partial charge < -0.3 is 15.1 Å². The second-order valence-corrected chi connectivity index (χ2v) is 8.18. The van der Waals surface area contributed by atoms with E-state index in [0.717, 1.165) is 60.7 Å². The van der Waals surface area contributed by atoms with Gasteiger partial charge in [-0.25, -0.2) is 9.97 Å². The van der Waals surface area contributed by atoms with Gasteiger partial charge in [-0.05, 0) is 55.5 Å². The number of rotatable bonds is 8. The summed E-state index contributed by atoms with van der Waals surface area (Å²) in [6.07, 6.45) is 6.28. The molecular weight excluding hydrogens is 358 g/mol. The molecule has 1 fully saturated rings. The predicted molar refractivity (Wildman–Crippen MR) is 122 cm³/mol. The van der Waals surface area contributed by atoms with Gasteiger partial charge in [0.15, 0.2) is 5.82 Å². The normalized spacial score (nSPS) is 18.3. The van der Waals surface area contributed by atoms with E-state index in [9.17, 15) is 0 Å². The predicted octanol–water partition coefficient (Wildman–Crippen LogP) is 5.08. The van der Waals surface area contributed by atoms with Crippen molar-refractivity contribution in [3.8, 4) is 0 Å². The third-order valence-electron chi connectivity index (χ3n) is 6.14. The van der Waals surface area contributed by atoms with Crippen molar-refractivity contribution < 1.29 is 0 Å². The molecule has 0 unspecified atom stereocenters. The summed E-state index contributed by atoms with van der Waals surface area (Å²) in [6.45, 7) is 14.8. The van der Waals surface area contributed by atoms with Crippen LogP contribution < -0.4 is 15.1 Å². The molecule has 2 aromatic rings. The zero-order valence-electron chi connectivity index (χ0n) is 17.6. The van der Waals surface area contributed by atoms with Crippen LogP contribution in [0.4, 0.5) is 17.3 Å². The molecule has 2 aromatic heterocycles. The molecule has 0 spiro atoms. The fourth-order valence-corrected chi connectivity index (χ4v) is 4.18. The molecule has 5 nitrogen and oxygen atoms in total. The molecule has 0 aliphatic carbocycles. The van der Waals surface area contributed by atoms with Crippen molar-refractivity contribution in [1.82, 2.24) is 9.97 Å². The third kappa shape index (κ3) is 4.00. The fraction of sp³-hybridized carbons (Fsp3) is 0.417. The van der Waals surface area contributed by atoms with Crippen molar-refractivity contribution in [1.29, 1.82) is 0 Å². The average Bonchev–Trinajstić information content (AvgIpc) is 3.16. The number of aromatic nitrogens is 2. The molecule has 152 valence electrons. The Hall–Kier alpha value is -2.82. The van der Waals surface area contributed by atoms with E-state index in [0.29, 0.717) is 6.04 Å². The van der Waals surface area contributed by atoms with E-state index < -0.39 is 0 Å². The summed E-state index contributed by atoms with van der Waals surface area (Å²) >= 11 is 0. The topological polar surface area (TPSA) is 44.3 Å². The lowest BCUT2D eigenvalue weighted by atomic mass is 10.0. The number of pyridine rings is 2. The molecular formula is C24H31N5. The Morgan fingerprint density at radius 1 is 1.31 bits per heavy atom. The monoisotopic (exact) mass is 389 g/mol. The van der Waals surface area contributed by atoms with Crippen molar-refractivity contribution in [3.05, 3.63) is 60.7 Å². The standard InChI is InChI=1S/C24H31N5/c1-5-17(3)10-11-20-8-7-9-23(26-20)25-18(4)29-21-14-15-28(16-21)22-13-12-19(6-2)27-24(22)29/h6-9,12-13,17,21H,2,4-5,10-11,14-16H2,1,3H3,(H,25,26)/t17-,21-/m0/s1. The SMILES string of the molecule is C=Cc1ccc2c(n1)N(C(=C)Nc1cccc(CC[C@@H](C)CC)n1)[C@H]1CCN2C1. The minimum atomic E-state index is 0.378. The summed E-state index contributed by atoms with van der Waals surface area (Å²) in [4.78, 5) is 14.3. The Morgan fingerprint density at radius 3 is 2.97 bits per heavy atom. The third-order valence-corrected chi connectivity index (χ3v) is 6.14. The van der Waals surface area contributed by atoms with Gasteiger partial charge in [0.1, 0.15) is 11.6 Å². The van der Waals surface area contributed by atoms with Crippen LogP contribution in [0.25, 0.3) is 6.08 Å². The van der Waals surface area contributed by atoms with Crippen molar-refractivity contribution in [2.75, 3.05) is 28.2 Å². The number of hydrogen-bond acceptors (Lipinski definition) is 5. The maximum Gasteiger partial charge on any atom is 0.158 e. The van der Waals surface area contributed by atoms with Crippen molar-refractivity contribution in [2.45, 2.75) is 45.6 Å². The second kappa shape index (κ2) is 8.27. The van der Waals surface area contributed by atoms with Crippen molar-refractivity contribution >= 4 is 23.4 Å². The molecule has 0 saturated carbocycles. The van der Waals surface area contributed by atoms with Gasteiger partial charge in [-0.3, -0.25) is 0 Å². The number of anilines is 3. The van der Waals surface area contributed by atoms with E-state index in [4.69, 9.17) is 9.97 Å². The Kier molecular flexibility index (Phi) is 5.56. The lowest BCUT2D eigenvalue weighted by molar-refractivity contribution is 0.513. The van der Waals surface area contributed by atoms with Crippen LogP contribution in [0.15, 0.2) is 49.3 Å². The molecule has 0 amide bonds. The molecule has 0 aromatic carbocycles. The number of aryl methyl sites for hydroxylation is 1. The minimum Gasteiger partial charge on any atom is -0.366 e. The molecule has 5 heteroatoms. The Labute approximate surface area is 174 Å². The first-order chi connectivity index (χ1) is 14.1. The highest BCUT2D eigenvalue weighted by molar-refractivity contribution is 5.76. The molecule has 4 rings (SSSR count). The maximum absolute atomic E-state index is 4.84.